The predicted octanol–water partition coefficient (Wildman–Crippen LogP) is 3.70. The van der Waals surface area contributed by atoms with Gasteiger partial charge in [0.1, 0.15) is 0 Å². The van der Waals surface area contributed by atoms with Crippen LogP contribution in [0.15, 0.2) is 23.3 Å². The third-order valence-corrected chi connectivity index (χ3v) is 3.48. The van der Waals surface area contributed by atoms with E-state index in [0.29, 0.717) is 0 Å². The molecule has 0 bridgehead atoms. The van der Waals surface area contributed by atoms with Gasteiger partial charge in [-0.25, -0.2) is 0 Å². The Bertz CT molecular complexity index is 206. The summed E-state index contributed by atoms with van der Waals surface area (Å²) in [7, 11) is 0. The second-order valence-corrected chi connectivity index (χ2v) is 4.05. The van der Waals surface area contributed by atoms with Gasteiger partial charge in [0.15, 0.2) is 0 Å². The largest absolute Gasteiger partial charge is 0.114 e. The van der Waals surface area contributed by atoms with E-state index in [2.05, 4.69) is 13.8 Å². The molecule has 1 aliphatic rings. The zero-order valence-corrected chi connectivity index (χ0v) is 8.28. The molecule has 0 heterocycles. The average Bonchev–Trinajstić information content (AvgIpc) is 2.00. The van der Waals surface area contributed by atoms with Gasteiger partial charge in [-0.05, 0) is 12.5 Å². The second kappa shape index (κ2) is 3.20. The molecule has 0 aliphatic heterocycles. The monoisotopic (exact) mass is 190 g/mol. The highest BCUT2D eigenvalue weighted by molar-refractivity contribution is 6.32. The number of allylic oxidation sites excluding steroid dienone is 4. The Balaban J connectivity index is 2.88. The second-order valence-electron chi connectivity index (χ2n) is 2.91. The SMILES string of the molecule is CCC1(Cl)C=CC=C(Cl)C1C. The molecule has 0 N–H and O–H groups in total. The lowest BCUT2D eigenvalue weighted by molar-refractivity contribution is 0.521. The van der Waals surface area contributed by atoms with E-state index in [9.17, 15) is 0 Å². The summed E-state index contributed by atoms with van der Waals surface area (Å²) in [6.07, 6.45) is 6.77. The van der Waals surface area contributed by atoms with E-state index in [4.69, 9.17) is 23.2 Å². The Kier molecular flexibility index (Phi) is 2.66. The van der Waals surface area contributed by atoms with Gasteiger partial charge >= 0.3 is 0 Å². The van der Waals surface area contributed by atoms with Gasteiger partial charge in [-0.1, -0.05) is 37.6 Å². The lowest BCUT2D eigenvalue weighted by atomic mass is 9.87. The molecule has 1 aliphatic carbocycles. The van der Waals surface area contributed by atoms with Crippen molar-refractivity contribution in [1.82, 2.24) is 0 Å². The molecule has 0 radical (unpaired) electrons. The van der Waals surface area contributed by atoms with Crippen molar-refractivity contribution in [1.29, 1.82) is 0 Å². The number of halogens is 2. The van der Waals surface area contributed by atoms with E-state index >= 15 is 0 Å². The van der Waals surface area contributed by atoms with E-state index in [1.54, 1.807) is 0 Å². The topological polar surface area (TPSA) is 0 Å². The van der Waals surface area contributed by atoms with Crippen LogP contribution in [0.4, 0.5) is 0 Å². The summed E-state index contributed by atoms with van der Waals surface area (Å²) in [6.45, 7) is 4.13. The van der Waals surface area contributed by atoms with E-state index < -0.39 is 0 Å². The predicted molar refractivity (Wildman–Crippen MR) is 51.1 cm³/mol. The fraction of sp³-hybridized carbons (Fsp3) is 0.556. The molecule has 0 spiro atoms. The molecule has 2 heteroatoms. The van der Waals surface area contributed by atoms with E-state index in [0.717, 1.165) is 11.5 Å². The summed E-state index contributed by atoms with van der Waals surface area (Å²) in [5, 5.41) is 0.851. The third-order valence-electron chi connectivity index (χ3n) is 2.30. The van der Waals surface area contributed by atoms with Gasteiger partial charge in [0.05, 0.1) is 4.87 Å². The van der Waals surface area contributed by atoms with Crippen molar-refractivity contribution >= 4 is 23.2 Å². The Morgan fingerprint density at radius 2 is 2.27 bits per heavy atom. The molecule has 62 valence electrons. The molecule has 0 aromatic rings. The van der Waals surface area contributed by atoms with Gasteiger partial charge in [-0.15, -0.1) is 11.6 Å². The number of hydrogen-bond donors (Lipinski definition) is 0. The molecule has 0 saturated heterocycles. The maximum atomic E-state index is 6.29. The minimum absolute atomic E-state index is 0.237. The minimum atomic E-state index is -0.258. The van der Waals surface area contributed by atoms with Gasteiger partial charge in [-0.2, -0.15) is 0 Å². The Morgan fingerprint density at radius 1 is 1.64 bits per heavy atom. The van der Waals surface area contributed by atoms with Crippen molar-refractivity contribution in [3.63, 3.8) is 0 Å². The molecule has 0 amide bonds. The van der Waals surface area contributed by atoms with Gasteiger partial charge < -0.3 is 0 Å². The van der Waals surface area contributed by atoms with Crippen LogP contribution in [0.3, 0.4) is 0 Å². The molecular formula is C9H12Cl2. The molecule has 0 aromatic carbocycles. The summed E-state index contributed by atoms with van der Waals surface area (Å²) in [4.78, 5) is -0.258. The van der Waals surface area contributed by atoms with Crippen LogP contribution in [0.25, 0.3) is 0 Å². The standard InChI is InChI=1S/C9H12Cl2/c1-3-9(11)6-4-5-8(10)7(9)2/h4-7H,3H2,1-2H3. The highest BCUT2D eigenvalue weighted by Crippen LogP contribution is 2.39. The van der Waals surface area contributed by atoms with Crippen molar-refractivity contribution in [3.8, 4) is 0 Å². The fourth-order valence-corrected chi connectivity index (χ4v) is 1.76. The van der Waals surface area contributed by atoms with E-state index in [1.807, 2.05) is 18.2 Å². The van der Waals surface area contributed by atoms with Crippen LogP contribution in [0.5, 0.6) is 0 Å². The van der Waals surface area contributed by atoms with Gasteiger partial charge in [0, 0.05) is 11.0 Å². The van der Waals surface area contributed by atoms with Crippen LogP contribution in [0, 0.1) is 5.92 Å². The van der Waals surface area contributed by atoms with E-state index in [1.165, 1.54) is 0 Å². The first-order chi connectivity index (χ1) is 5.10. The molecule has 0 nitrogen and oxygen atoms in total. The first-order valence-corrected chi connectivity index (χ1v) is 4.59. The Hall–Kier alpha value is 0.0600. The molecule has 0 saturated carbocycles. The first kappa shape index (κ1) is 9.15. The quantitative estimate of drug-likeness (QED) is 0.554. The van der Waals surface area contributed by atoms with Crippen molar-refractivity contribution < 1.29 is 0 Å². The minimum Gasteiger partial charge on any atom is -0.114 e. The number of alkyl halides is 1. The summed E-state index contributed by atoms with van der Waals surface area (Å²) >= 11 is 12.2. The highest BCUT2D eigenvalue weighted by atomic mass is 35.5. The third kappa shape index (κ3) is 1.62. The van der Waals surface area contributed by atoms with Gasteiger partial charge in [-0.3, -0.25) is 0 Å². The Morgan fingerprint density at radius 3 is 2.73 bits per heavy atom. The molecule has 2 atom stereocenters. The summed E-state index contributed by atoms with van der Waals surface area (Å²) < 4.78 is 0. The van der Waals surface area contributed by atoms with Crippen LogP contribution in [-0.2, 0) is 0 Å². The van der Waals surface area contributed by atoms with Crippen molar-refractivity contribution in [2.45, 2.75) is 25.1 Å². The van der Waals surface area contributed by atoms with Crippen LogP contribution in [-0.4, -0.2) is 4.87 Å². The zero-order valence-electron chi connectivity index (χ0n) is 6.77. The first-order valence-electron chi connectivity index (χ1n) is 3.84. The molecular weight excluding hydrogens is 179 g/mol. The normalized spacial score (nSPS) is 37.1. The van der Waals surface area contributed by atoms with Crippen LogP contribution >= 0.6 is 23.2 Å². The summed E-state index contributed by atoms with van der Waals surface area (Å²) in [6, 6.07) is 0. The van der Waals surface area contributed by atoms with Gasteiger partial charge in [0.25, 0.3) is 0 Å². The number of hydrogen-bond acceptors (Lipinski definition) is 0. The smallest absolute Gasteiger partial charge is 0.0700 e. The van der Waals surface area contributed by atoms with Crippen molar-refractivity contribution in [3.05, 3.63) is 23.3 Å². The highest BCUT2D eigenvalue weighted by Gasteiger charge is 2.32. The molecule has 0 aromatic heterocycles. The van der Waals surface area contributed by atoms with Crippen molar-refractivity contribution in [2.75, 3.05) is 0 Å². The zero-order chi connectivity index (χ0) is 8.48. The van der Waals surface area contributed by atoms with E-state index in [-0.39, 0.29) is 10.8 Å². The molecule has 1 rings (SSSR count). The Labute approximate surface area is 77.9 Å². The summed E-state index contributed by atoms with van der Waals surface area (Å²) in [5.74, 6) is 0.237. The van der Waals surface area contributed by atoms with Gasteiger partial charge in [0.2, 0.25) is 0 Å². The van der Waals surface area contributed by atoms with Crippen LogP contribution in [0.2, 0.25) is 0 Å². The molecule has 0 fully saturated rings. The van der Waals surface area contributed by atoms with Crippen LogP contribution < -0.4 is 0 Å². The molecule has 11 heavy (non-hydrogen) atoms. The van der Waals surface area contributed by atoms with Crippen molar-refractivity contribution in [2.24, 2.45) is 5.92 Å². The maximum absolute atomic E-state index is 6.29. The lowest BCUT2D eigenvalue weighted by Crippen LogP contribution is -2.28. The molecule has 2 unspecified atom stereocenters. The summed E-state index contributed by atoms with van der Waals surface area (Å²) in [5.41, 5.74) is 0. The average molecular weight is 191 g/mol. The fourth-order valence-electron chi connectivity index (χ4n) is 1.24. The van der Waals surface area contributed by atoms with Crippen LogP contribution in [0.1, 0.15) is 20.3 Å². The lowest BCUT2D eigenvalue weighted by Gasteiger charge is -2.31. The maximum Gasteiger partial charge on any atom is 0.0700 e. The number of rotatable bonds is 1.